The average molecular weight is 223 g/mol. The highest BCUT2D eigenvalue weighted by atomic mass is 32.1. The average Bonchev–Trinajstić information content (AvgIpc) is 2.62. The van der Waals surface area contributed by atoms with Crippen molar-refractivity contribution in [1.82, 2.24) is 5.32 Å². The van der Waals surface area contributed by atoms with E-state index in [2.05, 4.69) is 43.7 Å². The molecular formula is C13H21NS. The van der Waals surface area contributed by atoms with Gasteiger partial charge in [-0.05, 0) is 43.2 Å². The standard InChI is InChI=1S/C13H21NS/c1-10(2)11-7-13(8-11,9-14-3)12-5-4-6-15-12/h4-6,10-11,14H,7-9H2,1-3H3. The van der Waals surface area contributed by atoms with E-state index in [0.717, 1.165) is 18.4 Å². The second kappa shape index (κ2) is 4.26. The molecule has 1 aliphatic rings. The van der Waals surface area contributed by atoms with Crippen LogP contribution in [0.15, 0.2) is 17.5 Å². The second-order valence-electron chi connectivity index (χ2n) is 5.20. The first kappa shape index (κ1) is 11.2. The fourth-order valence-corrected chi connectivity index (χ4v) is 3.72. The van der Waals surface area contributed by atoms with Crippen LogP contribution >= 0.6 is 11.3 Å². The topological polar surface area (TPSA) is 12.0 Å². The first-order valence-electron chi connectivity index (χ1n) is 5.86. The summed E-state index contributed by atoms with van der Waals surface area (Å²) >= 11 is 1.92. The van der Waals surface area contributed by atoms with Crippen LogP contribution in [0.1, 0.15) is 31.6 Å². The minimum atomic E-state index is 0.456. The van der Waals surface area contributed by atoms with Crippen LogP contribution in [0.3, 0.4) is 0 Å². The maximum Gasteiger partial charge on any atom is 0.0177 e. The van der Waals surface area contributed by atoms with Crippen LogP contribution in [-0.2, 0) is 5.41 Å². The summed E-state index contributed by atoms with van der Waals surface area (Å²) in [5, 5.41) is 5.57. The predicted octanol–water partition coefficient (Wildman–Crippen LogP) is 3.27. The highest BCUT2D eigenvalue weighted by Gasteiger charge is 2.46. The van der Waals surface area contributed by atoms with Gasteiger partial charge in [0.25, 0.3) is 0 Å². The zero-order chi connectivity index (χ0) is 10.9. The van der Waals surface area contributed by atoms with Crippen LogP contribution in [0.5, 0.6) is 0 Å². The van der Waals surface area contributed by atoms with E-state index in [9.17, 15) is 0 Å². The zero-order valence-corrected chi connectivity index (χ0v) is 10.7. The third-order valence-electron chi connectivity index (χ3n) is 3.81. The van der Waals surface area contributed by atoms with E-state index in [0.29, 0.717) is 5.41 Å². The van der Waals surface area contributed by atoms with Crippen molar-refractivity contribution in [3.05, 3.63) is 22.4 Å². The van der Waals surface area contributed by atoms with Gasteiger partial charge in [-0.1, -0.05) is 19.9 Å². The molecule has 15 heavy (non-hydrogen) atoms. The van der Waals surface area contributed by atoms with E-state index in [1.54, 1.807) is 4.88 Å². The Hall–Kier alpha value is -0.340. The quantitative estimate of drug-likeness (QED) is 0.826. The molecule has 0 spiro atoms. The molecule has 1 N–H and O–H groups in total. The zero-order valence-electron chi connectivity index (χ0n) is 9.92. The van der Waals surface area contributed by atoms with E-state index >= 15 is 0 Å². The molecule has 1 aromatic heterocycles. The normalized spacial score (nSPS) is 30.5. The molecule has 84 valence electrons. The van der Waals surface area contributed by atoms with E-state index in [-0.39, 0.29) is 0 Å². The van der Waals surface area contributed by atoms with Crippen LogP contribution in [0, 0.1) is 11.8 Å². The summed E-state index contributed by atoms with van der Waals surface area (Å²) in [6, 6.07) is 4.48. The molecule has 0 bridgehead atoms. The molecule has 0 unspecified atom stereocenters. The maximum absolute atomic E-state index is 3.36. The SMILES string of the molecule is CNCC1(c2cccs2)CC(C(C)C)C1. The summed E-state index contributed by atoms with van der Waals surface area (Å²) < 4.78 is 0. The van der Waals surface area contributed by atoms with Crippen LogP contribution < -0.4 is 5.32 Å². The first-order valence-corrected chi connectivity index (χ1v) is 6.74. The number of thiophene rings is 1. The lowest BCUT2D eigenvalue weighted by Gasteiger charge is -2.49. The molecule has 0 saturated heterocycles. The predicted molar refractivity (Wildman–Crippen MR) is 67.5 cm³/mol. The maximum atomic E-state index is 3.36. The van der Waals surface area contributed by atoms with Gasteiger partial charge >= 0.3 is 0 Å². The lowest BCUT2D eigenvalue weighted by molar-refractivity contribution is 0.103. The Morgan fingerprint density at radius 3 is 2.73 bits per heavy atom. The smallest absolute Gasteiger partial charge is 0.0177 e. The third kappa shape index (κ3) is 1.98. The molecule has 1 fully saturated rings. The number of hydrogen-bond acceptors (Lipinski definition) is 2. The van der Waals surface area contributed by atoms with Crippen LogP contribution in [0.4, 0.5) is 0 Å². The first-order chi connectivity index (χ1) is 7.18. The van der Waals surface area contributed by atoms with Gasteiger partial charge in [-0.25, -0.2) is 0 Å². The lowest BCUT2D eigenvalue weighted by atomic mass is 9.58. The van der Waals surface area contributed by atoms with Gasteiger partial charge in [-0.3, -0.25) is 0 Å². The molecule has 1 aliphatic carbocycles. The molecule has 0 amide bonds. The van der Waals surface area contributed by atoms with Crippen molar-refractivity contribution in [2.24, 2.45) is 11.8 Å². The van der Waals surface area contributed by atoms with Gasteiger partial charge in [0.05, 0.1) is 0 Å². The number of likely N-dealkylation sites (N-methyl/N-ethyl adjacent to an activating group) is 1. The van der Waals surface area contributed by atoms with Crippen molar-refractivity contribution in [3.63, 3.8) is 0 Å². The summed E-state index contributed by atoms with van der Waals surface area (Å²) in [6.45, 7) is 5.83. The van der Waals surface area contributed by atoms with Crippen LogP contribution in [-0.4, -0.2) is 13.6 Å². The fourth-order valence-electron chi connectivity index (χ4n) is 2.77. The van der Waals surface area contributed by atoms with Gasteiger partial charge in [-0.15, -0.1) is 11.3 Å². The van der Waals surface area contributed by atoms with Crippen molar-refractivity contribution in [2.45, 2.75) is 32.1 Å². The van der Waals surface area contributed by atoms with E-state index in [4.69, 9.17) is 0 Å². The summed E-state index contributed by atoms with van der Waals surface area (Å²) in [5.41, 5.74) is 0.456. The van der Waals surface area contributed by atoms with Crippen molar-refractivity contribution in [3.8, 4) is 0 Å². The van der Waals surface area contributed by atoms with Gasteiger partial charge < -0.3 is 5.32 Å². The number of nitrogens with one attached hydrogen (secondary N) is 1. The molecule has 0 atom stereocenters. The summed E-state index contributed by atoms with van der Waals surface area (Å²) in [5.74, 6) is 1.77. The minimum Gasteiger partial charge on any atom is -0.319 e. The van der Waals surface area contributed by atoms with Gasteiger partial charge in [-0.2, -0.15) is 0 Å². The Labute approximate surface area is 96.9 Å². The molecule has 1 heterocycles. The van der Waals surface area contributed by atoms with Gasteiger partial charge in [0, 0.05) is 16.8 Å². The third-order valence-corrected chi connectivity index (χ3v) is 4.92. The Kier molecular flexibility index (Phi) is 3.17. The molecule has 1 aromatic rings. The summed E-state index contributed by atoms with van der Waals surface area (Å²) in [4.78, 5) is 1.58. The van der Waals surface area contributed by atoms with Crippen molar-refractivity contribution >= 4 is 11.3 Å². The van der Waals surface area contributed by atoms with Gasteiger partial charge in [0.15, 0.2) is 0 Å². The van der Waals surface area contributed by atoms with Crippen LogP contribution in [0.2, 0.25) is 0 Å². The van der Waals surface area contributed by atoms with E-state index in [1.807, 2.05) is 11.3 Å². The number of hydrogen-bond donors (Lipinski definition) is 1. The molecular weight excluding hydrogens is 202 g/mol. The number of rotatable bonds is 4. The van der Waals surface area contributed by atoms with Crippen molar-refractivity contribution < 1.29 is 0 Å². The Bertz CT molecular complexity index is 296. The molecule has 2 rings (SSSR count). The van der Waals surface area contributed by atoms with E-state index in [1.165, 1.54) is 12.8 Å². The molecule has 1 nitrogen and oxygen atoms in total. The van der Waals surface area contributed by atoms with E-state index < -0.39 is 0 Å². The molecule has 0 aliphatic heterocycles. The van der Waals surface area contributed by atoms with Crippen molar-refractivity contribution in [1.29, 1.82) is 0 Å². The second-order valence-corrected chi connectivity index (χ2v) is 6.15. The molecule has 0 aromatic carbocycles. The lowest BCUT2D eigenvalue weighted by Crippen LogP contribution is -2.48. The van der Waals surface area contributed by atoms with Crippen LogP contribution in [0.25, 0.3) is 0 Å². The highest BCUT2D eigenvalue weighted by molar-refractivity contribution is 7.10. The Balaban J connectivity index is 2.09. The highest BCUT2D eigenvalue weighted by Crippen LogP contribution is 2.51. The monoisotopic (exact) mass is 223 g/mol. The van der Waals surface area contributed by atoms with Crippen molar-refractivity contribution in [2.75, 3.05) is 13.6 Å². The molecule has 2 heteroatoms. The molecule has 1 saturated carbocycles. The molecule has 0 radical (unpaired) electrons. The van der Waals surface area contributed by atoms with Gasteiger partial charge in [0.2, 0.25) is 0 Å². The largest absolute Gasteiger partial charge is 0.319 e. The Morgan fingerprint density at radius 2 is 2.27 bits per heavy atom. The fraction of sp³-hybridized carbons (Fsp3) is 0.692. The minimum absolute atomic E-state index is 0.456. The Morgan fingerprint density at radius 1 is 1.53 bits per heavy atom. The summed E-state index contributed by atoms with van der Waals surface area (Å²) in [6.07, 6.45) is 2.73. The van der Waals surface area contributed by atoms with Gasteiger partial charge in [0.1, 0.15) is 0 Å². The summed E-state index contributed by atoms with van der Waals surface area (Å²) in [7, 11) is 2.07.